The Morgan fingerprint density at radius 1 is 1.04 bits per heavy atom. The smallest absolute Gasteiger partial charge is 0.369 e. The first kappa shape index (κ1) is 19.7. The van der Waals surface area contributed by atoms with Crippen LogP contribution in [0.2, 0.25) is 0 Å². The van der Waals surface area contributed by atoms with Crippen LogP contribution in [0.15, 0.2) is 42.5 Å². The predicted octanol–water partition coefficient (Wildman–Crippen LogP) is 4.07. The van der Waals surface area contributed by atoms with Crippen molar-refractivity contribution in [3.63, 3.8) is 0 Å². The molecule has 2 aromatic carbocycles. The van der Waals surface area contributed by atoms with Gasteiger partial charge in [-0.3, -0.25) is 4.79 Å². The van der Waals surface area contributed by atoms with E-state index in [9.17, 15) is 27.6 Å². The molecule has 0 atom stereocenters. The van der Waals surface area contributed by atoms with E-state index < -0.39 is 23.5 Å². The van der Waals surface area contributed by atoms with Gasteiger partial charge in [-0.25, -0.2) is 4.39 Å². The molecule has 146 valence electrons. The summed E-state index contributed by atoms with van der Waals surface area (Å²) in [6, 6.07) is 10.6. The fraction of sp³-hybridized carbons (Fsp3) is 0.300. The number of nitrogens with zero attached hydrogens (tertiary/aromatic N) is 3. The molecular weight excluding hydrogens is 374 g/mol. The number of alkyl halides is 3. The van der Waals surface area contributed by atoms with Crippen molar-refractivity contribution >= 4 is 11.6 Å². The number of carbonyl (C=O) groups is 1. The minimum Gasteiger partial charge on any atom is -0.369 e. The Kier molecular flexibility index (Phi) is 5.54. The Morgan fingerprint density at radius 3 is 2.46 bits per heavy atom. The monoisotopic (exact) mass is 391 g/mol. The van der Waals surface area contributed by atoms with E-state index in [4.69, 9.17) is 0 Å². The number of carbonyl (C=O) groups excluding carboxylic acids is 1. The molecule has 0 saturated carbocycles. The molecule has 1 saturated heterocycles. The van der Waals surface area contributed by atoms with Crippen LogP contribution in [0.4, 0.5) is 23.2 Å². The van der Waals surface area contributed by atoms with Gasteiger partial charge in [0.1, 0.15) is 11.9 Å². The zero-order valence-electron chi connectivity index (χ0n) is 14.8. The maximum Gasteiger partial charge on any atom is 0.416 e. The fourth-order valence-electron chi connectivity index (χ4n) is 3.24. The van der Waals surface area contributed by atoms with Gasteiger partial charge < -0.3 is 9.80 Å². The Bertz CT molecular complexity index is 920. The highest BCUT2D eigenvalue weighted by Gasteiger charge is 2.32. The van der Waals surface area contributed by atoms with Crippen LogP contribution in [0.5, 0.6) is 0 Å². The molecule has 0 unspecified atom stereocenters. The van der Waals surface area contributed by atoms with Crippen LogP contribution in [0.1, 0.15) is 27.9 Å². The molecule has 0 aliphatic carbocycles. The number of benzene rings is 2. The van der Waals surface area contributed by atoms with E-state index in [0.29, 0.717) is 31.7 Å². The zero-order chi connectivity index (χ0) is 20.3. The van der Waals surface area contributed by atoms with Crippen LogP contribution in [-0.2, 0) is 6.18 Å². The molecule has 0 N–H and O–H groups in total. The summed E-state index contributed by atoms with van der Waals surface area (Å²) < 4.78 is 52.5. The van der Waals surface area contributed by atoms with Gasteiger partial charge >= 0.3 is 6.18 Å². The summed E-state index contributed by atoms with van der Waals surface area (Å²) in [6.45, 7) is 1.48. The van der Waals surface area contributed by atoms with Crippen molar-refractivity contribution in [3.8, 4) is 6.07 Å². The average molecular weight is 391 g/mol. The van der Waals surface area contributed by atoms with Crippen LogP contribution in [0.3, 0.4) is 0 Å². The lowest BCUT2D eigenvalue weighted by Gasteiger charge is -2.25. The third kappa shape index (κ3) is 4.09. The minimum atomic E-state index is -4.52. The third-order valence-electron chi connectivity index (χ3n) is 4.67. The molecule has 0 spiro atoms. The van der Waals surface area contributed by atoms with Gasteiger partial charge in [0.05, 0.1) is 22.4 Å². The largest absolute Gasteiger partial charge is 0.416 e. The van der Waals surface area contributed by atoms with Gasteiger partial charge in [0.15, 0.2) is 0 Å². The third-order valence-corrected chi connectivity index (χ3v) is 4.67. The Balaban J connectivity index is 1.78. The van der Waals surface area contributed by atoms with Gasteiger partial charge in [-0.15, -0.1) is 0 Å². The summed E-state index contributed by atoms with van der Waals surface area (Å²) in [7, 11) is 0. The molecule has 1 fully saturated rings. The summed E-state index contributed by atoms with van der Waals surface area (Å²) in [5, 5.41) is 9.28. The van der Waals surface area contributed by atoms with E-state index in [1.54, 1.807) is 11.0 Å². The summed E-state index contributed by atoms with van der Waals surface area (Å²) in [5.74, 6) is -1.02. The van der Waals surface area contributed by atoms with Crippen molar-refractivity contribution in [3.05, 3.63) is 65.0 Å². The quantitative estimate of drug-likeness (QED) is 0.725. The highest BCUT2D eigenvalue weighted by atomic mass is 19.4. The average Bonchev–Trinajstić information content (AvgIpc) is 2.92. The topological polar surface area (TPSA) is 47.3 Å². The van der Waals surface area contributed by atoms with Crippen LogP contribution in [0, 0.1) is 17.1 Å². The Morgan fingerprint density at radius 2 is 1.79 bits per heavy atom. The van der Waals surface area contributed by atoms with E-state index in [1.165, 1.54) is 29.2 Å². The highest BCUT2D eigenvalue weighted by molar-refractivity contribution is 5.94. The number of hydrogen-bond donors (Lipinski definition) is 0. The van der Waals surface area contributed by atoms with Crippen LogP contribution in [0.25, 0.3) is 0 Å². The van der Waals surface area contributed by atoms with E-state index in [2.05, 4.69) is 0 Å². The lowest BCUT2D eigenvalue weighted by Crippen LogP contribution is -2.35. The maximum absolute atomic E-state index is 13.9. The van der Waals surface area contributed by atoms with Gasteiger partial charge in [0.2, 0.25) is 0 Å². The molecule has 3 rings (SSSR count). The summed E-state index contributed by atoms with van der Waals surface area (Å²) in [6.07, 6.45) is -3.97. The standard InChI is InChI=1S/C20H17F4N3O/c21-17-5-2-1-4-16(17)19(28)27-9-3-8-26(10-11-27)18-7-6-15(20(22,23)24)12-14(18)13-25/h1-2,4-7,12H,3,8-11H2. The minimum absolute atomic E-state index is 0.0109. The first-order valence-electron chi connectivity index (χ1n) is 8.71. The van der Waals surface area contributed by atoms with Gasteiger partial charge in [-0.05, 0) is 36.8 Å². The highest BCUT2D eigenvalue weighted by Crippen LogP contribution is 2.33. The zero-order valence-corrected chi connectivity index (χ0v) is 14.8. The lowest BCUT2D eigenvalue weighted by atomic mass is 10.1. The molecule has 0 radical (unpaired) electrons. The molecule has 2 aromatic rings. The molecule has 1 aliphatic rings. The SMILES string of the molecule is N#Cc1cc(C(F)(F)F)ccc1N1CCCN(C(=O)c2ccccc2F)CC1. The number of rotatable bonds is 2. The Hall–Kier alpha value is -3.08. The molecule has 1 amide bonds. The molecule has 0 aromatic heterocycles. The normalized spacial score (nSPS) is 15.1. The van der Waals surface area contributed by atoms with Gasteiger partial charge in [-0.2, -0.15) is 18.4 Å². The summed E-state index contributed by atoms with van der Waals surface area (Å²) >= 11 is 0. The van der Waals surface area contributed by atoms with E-state index >= 15 is 0 Å². The molecule has 4 nitrogen and oxygen atoms in total. The second-order valence-corrected chi connectivity index (χ2v) is 6.45. The van der Waals surface area contributed by atoms with Crippen molar-refractivity contribution in [1.82, 2.24) is 4.90 Å². The number of halogens is 4. The van der Waals surface area contributed by atoms with Gasteiger partial charge in [0.25, 0.3) is 5.91 Å². The van der Waals surface area contributed by atoms with Crippen molar-refractivity contribution in [2.24, 2.45) is 0 Å². The van der Waals surface area contributed by atoms with Crippen molar-refractivity contribution < 1.29 is 22.4 Å². The van der Waals surface area contributed by atoms with Crippen molar-refractivity contribution in [2.45, 2.75) is 12.6 Å². The Labute approximate surface area is 159 Å². The summed E-state index contributed by atoms with van der Waals surface area (Å²) in [5.41, 5.74) is -0.554. The number of nitriles is 1. The van der Waals surface area contributed by atoms with Crippen molar-refractivity contribution in [2.75, 3.05) is 31.1 Å². The molecule has 1 aliphatic heterocycles. The summed E-state index contributed by atoms with van der Waals surface area (Å²) in [4.78, 5) is 15.9. The van der Waals surface area contributed by atoms with E-state index in [1.807, 2.05) is 6.07 Å². The second-order valence-electron chi connectivity index (χ2n) is 6.45. The van der Waals surface area contributed by atoms with Crippen molar-refractivity contribution in [1.29, 1.82) is 5.26 Å². The number of hydrogen-bond acceptors (Lipinski definition) is 3. The fourth-order valence-corrected chi connectivity index (χ4v) is 3.24. The number of amides is 1. The maximum atomic E-state index is 13.9. The first-order chi connectivity index (χ1) is 13.3. The van der Waals surface area contributed by atoms with Crippen LogP contribution >= 0.6 is 0 Å². The van der Waals surface area contributed by atoms with Gasteiger partial charge in [-0.1, -0.05) is 12.1 Å². The van der Waals surface area contributed by atoms with Crippen LogP contribution in [-0.4, -0.2) is 37.0 Å². The molecule has 0 bridgehead atoms. The second kappa shape index (κ2) is 7.89. The molecule has 28 heavy (non-hydrogen) atoms. The molecule has 1 heterocycles. The lowest BCUT2D eigenvalue weighted by molar-refractivity contribution is -0.137. The van der Waals surface area contributed by atoms with E-state index in [0.717, 1.165) is 12.1 Å². The van der Waals surface area contributed by atoms with Gasteiger partial charge in [0, 0.05) is 26.2 Å². The first-order valence-corrected chi connectivity index (χ1v) is 8.71. The predicted molar refractivity (Wildman–Crippen MR) is 95.3 cm³/mol. The molecule has 8 heteroatoms. The van der Waals surface area contributed by atoms with Crippen LogP contribution < -0.4 is 4.90 Å². The number of anilines is 1. The molecular formula is C20H17F4N3O. The van der Waals surface area contributed by atoms with E-state index in [-0.39, 0.29) is 17.7 Å².